The number of amides is 1. The largest absolute Gasteiger partial charge is 0.379 e. The highest BCUT2D eigenvalue weighted by Crippen LogP contribution is 2.28. The lowest BCUT2D eigenvalue weighted by molar-refractivity contribution is -0.137. The van der Waals surface area contributed by atoms with Crippen LogP contribution in [0.25, 0.3) is 0 Å². The Bertz CT molecular complexity index is 529. The van der Waals surface area contributed by atoms with Crippen LogP contribution in [0.1, 0.15) is 25.8 Å². The summed E-state index contributed by atoms with van der Waals surface area (Å²) in [6.45, 7) is 5.68. The number of nitrogens with zero attached hydrogens (tertiary/aromatic N) is 1. The summed E-state index contributed by atoms with van der Waals surface area (Å²) in [5, 5.41) is 12.9. The van der Waals surface area contributed by atoms with Gasteiger partial charge in [0.2, 0.25) is 0 Å². The predicted molar refractivity (Wildman–Crippen MR) is 88.7 cm³/mol. The Kier molecular flexibility index (Phi) is 5.69. The van der Waals surface area contributed by atoms with E-state index in [4.69, 9.17) is 0 Å². The van der Waals surface area contributed by atoms with Crippen LogP contribution in [0.3, 0.4) is 0 Å². The second-order valence-electron chi connectivity index (χ2n) is 5.47. The zero-order valence-electron chi connectivity index (χ0n) is 13.1. The highest BCUT2D eigenvalue weighted by Gasteiger charge is 2.39. The van der Waals surface area contributed by atoms with Crippen molar-refractivity contribution in [3.8, 4) is 0 Å². The highest BCUT2D eigenvalue weighted by atomic mass is 32.2. The summed E-state index contributed by atoms with van der Waals surface area (Å²) in [7, 11) is 0. The first kappa shape index (κ1) is 17.1. The fourth-order valence-corrected chi connectivity index (χ4v) is 3.80. The van der Waals surface area contributed by atoms with Crippen LogP contribution in [0.5, 0.6) is 0 Å². The molecule has 2 rings (SSSR count). The fraction of sp³-hybridized carbons (Fsp3) is 0.562. The van der Waals surface area contributed by atoms with Gasteiger partial charge in [0, 0.05) is 25.4 Å². The van der Waals surface area contributed by atoms with E-state index in [2.05, 4.69) is 5.32 Å². The van der Waals surface area contributed by atoms with E-state index in [0.717, 1.165) is 18.8 Å². The standard InChI is InChI=1S/C16H23FN2O2S/c1-3-19(4-2)14-6-5-12(9-13(14)17)10-18-15(20)16(21)7-8-22-11-16/h5-6,9,21H,3-4,7-8,10-11H2,1-2H3,(H,18,20). The Morgan fingerprint density at radius 2 is 2.18 bits per heavy atom. The van der Waals surface area contributed by atoms with Gasteiger partial charge in [-0.3, -0.25) is 4.79 Å². The summed E-state index contributed by atoms with van der Waals surface area (Å²) in [6, 6.07) is 5.00. The molecule has 0 bridgehead atoms. The third kappa shape index (κ3) is 3.73. The van der Waals surface area contributed by atoms with Gasteiger partial charge in [0.05, 0.1) is 5.69 Å². The number of benzene rings is 1. The third-order valence-electron chi connectivity index (χ3n) is 3.99. The Hall–Kier alpha value is -1.27. The monoisotopic (exact) mass is 326 g/mol. The molecule has 1 saturated heterocycles. The van der Waals surface area contributed by atoms with E-state index in [1.54, 1.807) is 17.8 Å². The van der Waals surface area contributed by atoms with Crippen molar-refractivity contribution in [2.24, 2.45) is 0 Å². The molecule has 0 aliphatic carbocycles. The number of hydrogen-bond donors (Lipinski definition) is 2. The van der Waals surface area contributed by atoms with E-state index in [1.807, 2.05) is 24.8 Å². The van der Waals surface area contributed by atoms with Crippen molar-refractivity contribution in [2.45, 2.75) is 32.4 Å². The minimum atomic E-state index is -1.27. The van der Waals surface area contributed by atoms with Crippen LogP contribution in [0, 0.1) is 5.82 Å². The van der Waals surface area contributed by atoms with Crippen molar-refractivity contribution >= 4 is 23.4 Å². The maximum Gasteiger partial charge on any atom is 0.253 e. The minimum absolute atomic E-state index is 0.223. The number of carbonyl (C=O) groups excluding carboxylic acids is 1. The minimum Gasteiger partial charge on any atom is -0.379 e. The molecule has 1 fully saturated rings. The van der Waals surface area contributed by atoms with Gasteiger partial charge in [0.25, 0.3) is 5.91 Å². The van der Waals surface area contributed by atoms with E-state index in [9.17, 15) is 14.3 Å². The van der Waals surface area contributed by atoms with Crippen LogP contribution in [0.2, 0.25) is 0 Å². The van der Waals surface area contributed by atoms with E-state index in [1.165, 1.54) is 6.07 Å². The van der Waals surface area contributed by atoms with Crippen molar-refractivity contribution < 1.29 is 14.3 Å². The molecule has 2 N–H and O–H groups in total. The van der Waals surface area contributed by atoms with Crippen LogP contribution in [0.4, 0.5) is 10.1 Å². The van der Waals surface area contributed by atoms with E-state index >= 15 is 0 Å². The maximum atomic E-state index is 14.2. The van der Waals surface area contributed by atoms with Gasteiger partial charge in [-0.2, -0.15) is 11.8 Å². The third-order valence-corrected chi connectivity index (χ3v) is 5.17. The molecule has 1 aliphatic rings. The van der Waals surface area contributed by atoms with Gasteiger partial charge in [-0.1, -0.05) is 6.07 Å². The van der Waals surface area contributed by atoms with Gasteiger partial charge >= 0.3 is 0 Å². The van der Waals surface area contributed by atoms with Crippen LogP contribution >= 0.6 is 11.8 Å². The summed E-state index contributed by atoms with van der Waals surface area (Å²) < 4.78 is 14.2. The molecule has 22 heavy (non-hydrogen) atoms. The van der Waals surface area contributed by atoms with Crippen molar-refractivity contribution in [1.82, 2.24) is 5.32 Å². The number of rotatable bonds is 6. The molecule has 1 aliphatic heterocycles. The molecular weight excluding hydrogens is 303 g/mol. The smallest absolute Gasteiger partial charge is 0.253 e. The van der Waals surface area contributed by atoms with Crippen LogP contribution < -0.4 is 10.2 Å². The lowest BCUT2D eigenvalue weighted by Gasteiger charge is -2.22. The number of thioether (sulfide) groups is 1. The molecule has 0 aromatic heterocycles. The Morgan fingerprint density at radius 1 is 1.45 bits per heavy atom. The Balaban J connectivity index is 1.99. The quantitative estimate of drug-likeness (QED) is 0.841. The zero-order chi connectivity index (χ0) is 16.2. The SMILES string of the molecule is CCN(CC)c1ccc(CNC(=O)C2(O)CCSC2)cc1F. The Morgan fingerprint density at radius 3 is 2.73 bits per heavy atom. The summed E-state index contributed by atoms with van der Waals surface area (Å²) in [5.41, 5.74) is -0.00779. The second-order valence-corrected chi connectivity index (χ2v) is 6.58. The lowest BCUT2D eigenvalue weighted by atomic mass is 10.0. The van der Waals surface area contributed by atoms with Crippen LogP contribution in [0.15, 0.2) is 18.2 Å². The van der Waals surface area contributed by atoms with Gasteiger partial charge in [0.15, 0.2) is 5.60 Å². The summed E-state index contributed by atoms with van der Waals surface area (Å²) >= 11 is 1.57. The molecule has 1 amide bonds. The molecule has 0 spiro atoms. The van der Waals surface area contributed by atoms with Gasteiger partial charge < -0.3 is 15.3 Å². The summed E-state index contributed by atoms with van der Waals surface area (Å²) in [4.78, 5) is 14.0. The molecule has 1 aromatic carbocycles. The number of hydrogen-bond acceptors (Lipinski definition) is 4. The first-order valence-corrected chi connectivity index (χ1v) is 8.77. The predicted octanol–water partition coefficient (Wildman–Crippen LogP) is 2.16. The molecule has 0 saturated carbocycles. The molecule has 1 heterocycles. The first-order valence-electron chi connectivity index (χ1n) is 7.62. The Labute approximate surface area is 135 Å². The zero-order valence-corrected chi connectivity index (χ0v) is 13.9. The lowest BCUT2D eigenvalue weighted by Crippen LogP contribution is -2.46. The van der Waals surface area contributed by atoms with E-state index in [0.29, 0.717) is 23.4 Å². The average molecular weight is 326 g/mol. The van der Waals surface area contributed by atoms with Crippen LogP contribution in [-0.4, -0.2) is 41.2 Å². The molecule has 0 radical (unpaired) electrons. The number of halogens is 1. The van der Waals surface area contributed by atoms with E-state index in [-0.39, 0.29) is 18.3 Å². The van der Waals surface area contributed by atoms with Crippen molar-refractivity contribution in [3.05, 3.63) is 29.6 Å². The fourth-order valence-electron chi connectivity index (χ4n) is 2.56. The van der Waals surface area contributed by atoms with Gasteiger partial charge in [-0.25, -0.2) is 4.39 Å². The summed E-state index contributed by atoms with van der Waals surface area (Å²) in [6.07, 6.45) is 0.471. The molecule has 4 nitrogen and oxygen atoms in total. The van der Waals surface area contributed by atoms with Gasteiger partial charge in [0.1, 0.15) is 5.82 Å². The molecule has 1 unspecified atom stereocenters. The molecule has 1 aromatic rings. The maximum absolute atomic E-state index is 14.2. The van der Waals surface area contributed by atoms with Crippen molar-refractivity contribution in [3.63, 3.8) is 0 Å². The number of anilines is 1. The molecule has 6 heteroatoms. The van der Waals surface area contributed by atoms with Gasteiger partial charge in [-0.05, 0) is 43.7 Å². The van der Waals surface area contributed by atoms with Crippen molar-refractivity contribution in [1.29, 1.82) is 0 Å². The average Bonchev–Trinajstić information content (AvgIpc) is 2.96. The topological polar surface area (TPSA) is 52.6 Å². The molecule has 122 valence electrons. The first-order chi connectivity index (χ1) is 10.5. The van der Waals surface area contributed by atoms with E-state index < -0.39 is 5.60 Å². The molecular formula is C16H23FN2O2S. The second kappa shape index (κ2) is 7.33. The van der Waals surface area contributed by atoms with Crippen LogP contribution in [-0.2, 0) is 11.3 Å². The molecule has 1 atom stereocenters. The number of carbonyl (C=O) groups is 1. The number of nitrogens with one attached hydrogen (secondary N) is 1. The normalized spacial score (nSPS) is 20.9. The van der Waals surface area contributed by atoms with Crippen molar-refractivity contribution in [2.75, 3.05) is 29.5 Å². The number of aliphatic hydroxyl groups is 1. The highest BCUT2D eigenvalue weighted by molar-refractivity contribution is 7.99. The summed E-state index contributed by atoms with van der Waals surface area (Å²) in [5.74, 6) is 0.557. The van der Waals surface area contributed by atoms with Gasteiger partial charge in [-0.15, -0.1) is 0 Å².